The van der Waals surface area contributed by atoms with Gasteiger partial charge in [0.15, 0.2) is 11.5 Å². The molecule has 1 aliphatic carbocycles. The maximum Gasteiger partial charge on any atom is 0.202 e. The van der Waals surface area contributed by atoms with Crippen molar-refractivity contribution in [3.63, 3.8) is 0 Å². The molecule has 0 heterocycles. The number of unbranched alkanes of at least 4 members (excludes halogenated alkanes) is 2. The Kier molecular flexibility index (Phi) is 10.4. The summed E-state index contributed by atoms with van der Waals surface area (Å²) in [6, 6.07) is -0.437. The summed E-state index contributed by atoms with van der Waals surface area (Å²) < 4.78 is 0. The predicted molar refractivity (Wildman–Crippen MR) is 116 cm³/mol. The van der Waals surface area contributed by atoms with E-state index in [0.717, 1.165) is 37.7 Å². The number of nitrogens with one attached hydrogen (secondary N) is 1. The van der Waals surface area contributed by atoms with E-state index in [1.165, 1.54) is 5.57 Å². The van der Waals surface area contributed by atoms with Crippen LogP contribution in [0.5, 0.6) is 0 Å². The fourth-order valence-electron chi connectivity index (χ4n) is 3.59. The van der Waals surface area contributed by atoms with E-state index in [2.05, 4.69) is 32.2 Å². The van der Waals surface area contributed by atoms with Crippen molar-refractivity contribution in [1.82, 2.24) is 5.32 Å². The van der Waals surface area contributed by atoms with E-state index >= 15 is 0 Å². The first kappa shape index (κ1) is 24.4. The lowest BCUT2D eigenvalue weighted by Gasteiger charge is -2.32. The highest BCUT2D eigenvalue weighted by molar-refractivity contribution is 6.14. The molecule has 0 radical (unpaired) electrons. The van der Waals surface area contributed by atoms with Crippen molar-refractivity contribution in [2.24, 2.45) is 5.92 Å². The number of aliphatic hydroxyl groups excluding tert-OH is 1. The van der Waals surface area contributed by atoms with Gasteiger partial charge < -0.3 is 10.4 Å². The van der Waals surface area contributed by atoms with Crippen molar-refractivity contribution in [1.29, 1.82) is 0 Å². The minimum absolute atomic E-state index is 0.0956. The number of rotatable bonds is 11. The summed E-state index contributed by atoms with van der Waals surface area (Å²) in [5.41, 5.74) is 2.71. The largest absolute Gasteiger partial charge is 0.504 e. The molecule has 0 fully saturated rings. The molecule has 0 saturated heterocycles. The van der Waals surface area contributed by atoms with E-state index < -0.39 is 12.0 Å². The first-order valence-corrected chi connectivity index (χ1v) is 10.7. The Labute approximate surface area is 171 Å². The van der Waals surface area contributed by atoms with Gasteiger partial charge in [-0.2, -0.15) is 0 Å². The Morgan fingerprint density at radius 1 is 1.11 bits per heavy atom. The molecule has 0 spiro atoms. The van der Waals surface area contributed by atoms with Crippen LogP contribution in [0.1, 0.15) is 86.5 Å². The molecule has 4 heteroatoms. The first-order chi connectivity index (χ1) is 13.2. The fraction of sp³-hybridized carbons (Fsp3) is 0.667. The van der Waals surface area contributed by atoms with Crippen LogP contribution < -0.4 is 5.32 Å². The lowest BCUT2D eigenvalue weighted by Crippen LogP contribution is -2.52. The maximum atomic E-state index is 13.1. The van der Waals surface area contributed by atoms with E-state index in [1.807, 2.05) is 26.8 Å². The van der Waals surface area contributed by atoms with Crippen LogP contribution in [0.15, 0.2) is 34.6 Å². The molecule has 2 unspecified atom stereocenters. The van der Waals surface area contributed by atoms with Crippen LogP contribution in [0, 0.1) is 5.92 Å². The van der Waals surface area contributed by atoms with E-state index in [1.54, 1.807) is 0 Å². The summed E-state index contributed by atoms with van der Waals surface area (Å²) in [5.74, 6) is -1.19. The molecule has 0 aromatic carbocycles. The summed E-state index contributed by atoms with van der Waals surface area (Å²) in [6.45, 7) is 12.3. The predicted octanol–water partition coefficient (Wildman–Crippen LogP) is 5.60. The minimum atomic E-state index is -0.533. The van der Waals surface area contributed by atoms with Crippen molar-refractivity contribution >= 4 is 11.6 Å². The minimum Gasteiger partial charge on any atom is -0.504 e. The molecule has 0 bridgehead atoms. The van der Waals surface area contributed by atoms with Crippen molar-refractivity contribution in [2.45, 2.75) is 98.6 Å². The number of ketones is 2. The zero-order valence-corrected chi connectivity index (χ0v) is 18.6. The van der Waals surface area contributed by atoms with Crippen LogP contribution in [-0.2, 0) is 9.59 Å². The molecule has 158 valence electrons. The normalized spacial score (nSPS) is 20.9. The van der Waals surface area contributed by atoms with Crippen LogP contribution in [-0.4, -0.2) is 28.8 Å². The van der Waals surface area contributed by atoms with Gasteiger partial charge in [-0.3, -0.25) is 9.59 Å². The van der Waals surface area contributed by atoms with Crippen LogP contribution in [0.3, 0.4) is 0 Å². The summed E-state index contributed by atoms with van der Waals surface area (Å²) >= 11 is 0. The summed E-state index contributed by atoms with van der Waals surface area (Å²) in [4.78, 5) is 25.9. The molecule has 2 N–H and O–H groups in total. The summed E-state index contributed by atoms with van der Waals surface area (Å²) in [6.07, 6.45) is 9.95. The monoisotopic (exact) mass is 389 g/mol. The first-order valence-electron chi connectivity index (χ1n) is 10.7. The van der Waals surface area contributed by atoms with Gasteiger partial charge in [0.2, 0.25) is 5.78 Å². The molecular formula is C24H39NO3. The number of aliphatic hydroxyl groups is 1. The van der Waals surface area contributed by atoms with Crippen molar-refractivity contribution in [2.75, 3.05) is 0 Å². The average Bonchev–Trinajstić information content (AvgIpc) is 2.61. The van der Waals surface area contributed by atoms with Crippen LogP contribution in [0.4, 0.5) is 0 Å². The standard InChI is InChI=1S/C24H39NO3/c1-7-8-9-13-19-21(25-17(4)5)22(26)20(24(28)23(19)27)15-14-18(6)12-10-11-16(2)3/h11,14,17,19,21,25,28H,7-10,12-13,15H2,1-6H3/b18-14+. The smallest absolute Gasteiger partial charge is 0.202 e. The Morgan fingerprint density at radius 2 is 1.79 bits per heavy atom. The van der Waals surface area contributed by atoms with Crippen LogP contribution in [0.2, 0.25) is 0 Å². The van der Waals surface area contributed by atoms with E-state index in [0.29, 0.717) is 12.8 Å². The van der Waals surface area contributed by atoms with Gasteiger partial charge in [0.1, 0.15) is 0 Å². The average molecular weight is 390 g/mol. The van der Waals surface area contributed by atoms with E-state index in [-0.39, 0.29) is 28.9 Å². The molecule has 0 aromatic heterocycles. The molecular weight excluding hydrogens is 350 g/mol. The van der Waals surface area contributed by atoms with E-state index in [9.17, 15) is 14.7 Å². The SMILES string of the molecule is CCCCCC1C(=O)C(O)=C(C/C=C(\C)CCC=C(C)C)C(=O)C1NC(C)C. The van der Waals surface area contributed by atoms with Gasteiger partial charge in [-0.1, -0.05) is 63.3 Å². The molecule has 28 heavy (non-hydrogen) atoms. The fourth-order valence-corrected chi connectivity index (χ4v) is 3.59. The molecule has 0 aliphatic heterocycles. The van der Waals surface area contributed by atoms with Crippen molar-refractivity contribution in [3.05, 3.63) is 34.6 Å². The van der Waals surface area contributed by atoms with Gasteiger partial charge in [-0.15, -0.1) is 0 Å². The van der Waals surface area contributed by atoms with E-state index in [4.69, 9.17) is 0 Å². The third-order valence-corrected chi connectivity index (χ3v) is 5.22. The Balaban J connectivity index is 2.99. The van der Waals surface area contributed by atoms with Gasteiger partial charge in [-0.05, 0) is 46.5 Å². The number of Topliss-reactive ketones (excluding diaryl/α,β-unsaturated/α-hetero) is 2. The second kappa shape index (κ2) is 12.0. The number of allylic oxidation sites excluding steroid dienone is 5. The van der Waals surface area contributed by atoms with Gasteiger partial charge >= 0.3 is 0 Å². The van der Waals surface area contributed by atoms with Gasteiger partial charge in [0.25, 0.3) is 0 Å². The lowest BCUT2D eigenvalue weighted by atomic mass is 9.77. The third kappa shape index (κ3) is 7.38. The molecule has 1 rings (SSSR count). The zero-order valence-electron chi connectivity index (χ0n) is 18.6. The van der Waals surface area contributed by atoms with Gasteiger partial charge in [0, 0.05) is 17.5 Å². The van der Waals surface area contributed by atoms with Crippen molar-refractivity contribution < 1.29 is 14.7 Å². The van der Waals surface area contributed by atoms with Crippen LogP contribution >= 0.6 is 0 Å². The molecule has 4 nitrogen and oxygen atoms in total. The highest BCUT2D eigenvalue weighted by Gasteiger charge is 2.42. The highest BCUT2D eigenvalue weighted by atomic mass is 16.3. The molecule has 1 aliphatic rings. The van der Waals surface area contributed by atoms with Crippen LogP contribution in [0.25, 0.3) is 0 Å². The number of carbonyl (C=O) groups is 2. The lowest BCUT2D eigenvalue weighted by molar-refractivity contribution is -0.131. The summed E-state index contributed by atoms with van der Waals surface area (Å²) in [7, 11) is 0. The topological polar surface area (TPSA) is 66.4 Å². The van der Waals surface area contributed by atoms with Gasteiger partial charge in [-0.25, -0.2) is 0 Å². The number of hydrogen-bond acceptors (Lipinski definition) is 4. The summed E-state index contributed by atoms with van der Waals surface area (Å²) in [5, 5.41) is 13.8. The zero-order chi connectivity index (χ0) is 21.3. The van der Waals surface area contributed by atoms with Gasteiger partial charge in [0.05, 0.1) is 6.04 Å². The molecule has 0 saturated carbocycles. The third-order valence-electron chi connectivity index (χ3n) is 5.22. The molecule has 0 aromatic rings. The molecule has 0 amide bonds. The second-order valence-corrected chi connectivity index (χ2v) is 8.53. The Bertz CT molecular complexity index is 636. The highest BCUT2D eigenvalue weighted by Crippen LogP contribution is 2.30. The Hall–Kier alpha value is -1.68. The quantitative estimate of drug-likeness (QED) is 0.357. The molecule has 2 atom stereocenters. The second-order valence-electron chi connectivity index (χ2n) is 8.53. The van der Waals surface area contributed by atoms with Crippen molar-refractivity contribution in [3.8, 4) is 0 Å². The number of carbonyl (C=O) groups excluding carboxylic acids is 2. The maximum absolute atomic E-state index is 13.1. The Morgan fingerprint density at radius 3 is 2.36 bits per heavy atom. The number of hydrogen-bond donors (Lipinski definition) is 2.